The number of benzene rings is 1. The molecule has 94 valence electrons. The highest BCUT2D eigenvalue weighted by molar-refractivity contribution is 5.67. The maximum Gasteiger partial charge on any atom is 0.409 e. The van der Waals surface area contributed by atoms with Crippen LogP contribution in [0, 0.1) is 5.82 Å². The Morgan fingerprint density at radius 2 is 2.18 bits per heavy atom. The number of amides is 1. The first kappa shape index (κ1) is 13.3. The van der Waals surface area contributed by atoms with Gasteiger partial charge in [-0.05, 0) is 24.6 Å². The van der Waals surface area contributed by atoms with Gasteiger partial charge < -0.3 is 14.4 Å². The molecule has 0 saturated heterocycles. The average Bonchev–Trinajstić information content (AvgIpc) is 2.29. The van der Waals surface area contributed by atoms with Crippen LogP contribution in [0.25, 0.3) is 0 Å². The van der Waals surface area contributed by atoms with Crippen molar-refractivity contribution in [1.82, 2.24) is 4.90 Å². The van der Waals surface area contributed by atoms with E-state index in [1.54, 1.807) is 20.0 Å². The molecule has 0 fully saturated rings. The van der Waals surface area contributed by atoms with Gasteiger partial charge in [0.15, 0.2) is 11.6 Å². The van der Waals surface area contributed by atoms with Crippen LogP contribution in [0.3, 0.4) is 0 Å². The minimum absolute atomic E-state index is 0.188. The second kappa shape index (κ2) is 6.08. The Labute approximate surface area is 99.9 Å². The van der Waals surface area contributed by atoms with Gasteiger partial charge in [-0.15, -0.1) is 0 Å². The third-order valence-electron chi connectivity index (χ3n) is 2.22. The van der Waals surface area contributed by atoms with E-state index in [0.29, 0.717) is 18.7 Å². The molecule has 1 aromatic carbocycles. The summed E-state index contributed by atoms with van der Waals surface area (Å²) >= 11 is 0. The molecule has 0 aliphatic heterocycles. The van der Waals surface area contributed by atoms with Gasteiger partial charge in [-0.25, -0.2) is 9.18 Å². The molecular weight excluding hydrogens is 225 g/mol. The summed E-state index contributed by atoms with van der Waals surface area (Å²) in [6.07, 6.45) is -0.427. The minimum Gasteiger partial charge on any atom is -0.494 e. The molecule has 0 unspecified atom stereocenters. The fourth-order valence-electron chi connectivity index (χ4n) is 1.38. The van der Waals surface area contributed by atoms with Crippen molar-refractivity contribution in [3.63, 3.8) is 0 Å². The molecule has 0 aromatic heterocycles. The van der Waals surface area contributed by atoms with Crippen LogP contribution in [-0.2, 0) is 11.3 Å². The van der Waals surface area contributed by atoms with E-state index in [1.165, 1.54) is 24.1 Å². The number of halogens is 1. The summed E-state index contributed by atoms with van der Waals surface area (Å²) in [6.45, 7) is 2.35. The Bertz CT molecular complexity index is 395. The van der Waals surface area contributed by atoms with E-state index >= 15 is 0 Å². The number of ether oxygens (including phenoxy) is 2. The second-order valence-electron chi connectivity index (χ2n) is 3.52. The van der Waals surface area contributed by atoms with E-state index in [2.05, 4.69) is 0 Å². The number of methoxy groups -OCH3 is 1. The predicted molar refractivity (Wildman–Crippen MR) is 61.4 cm³/mol. The molecule has 0 atom stereocenters. The van der Waals surface area contributed by atoms with Crippen molar-refractivity contribution < 1.29 is 18.7 Å². The van der Waals surface area contributed by atoms with Gasteiger partial charge >= 0.3 is 6.09 Å². The van der Waals surface area contributed by atoms with Crippen molar-refractivity contribution in [2.45, 2.75) is 13.5 Å². The van der Waals surface area contributed by atoms with Crippen LogP contribution < -0.4 is 4.74 Å². The first-order valence-corrected chi connectivity index (χ1v) is 5.28. The Morgan fingerprint density at radius 3 is 2.71 bits per heavy atom. The maximum atomic E-state index is 13.4. The van der Waals surface area contributed by atoms with Gasteiger partial charge in [0.05, 0.1) is 13.7 Å². The van der Waals surface area contributed by atoms with E-state index in [-0.39, 0.29) is 5.75 Å². The van der Waals surface area contributed by atoms with Gasteiger partial charge in [-0.1, -0.05) is 6.07 Å². The van der Waals surface area contributed by atoms with Gasteiger partial charge in [0.2, 0.25) is 0 Å². The second-order valence-corrected chi connectivity index (χ2v) is 3.52. The summed E-state index contributed by atoms with van der Waals surface area (Å²) in [5.74, 6) is -0.255. The lowest BCUT2D eigenvalue weighted by molar-refractivity contribution is 0.114. The number of rotatable bonds is 4. The molecule has 0 bridgehead atoms. The van der Waals surface area contributed by atoms with Crippen LogP contribution in [0.1, 0.15) is 12.5 Å². The van der Waals surface area contributed by atoms with Crippen LogP contribution in [-0.4, -0.2) is 31.8 Å². The number of nitrogens with zero attached hydrogens (tertiary/aromatic N) is 1. The topological polar surface area (TPSA) is 38.8 Å². The smallest absolute Gasteiger partial charge is 0.409 e. The summed E-state index contributed by atoms with van der Waals surface area (Å²) in [7, 11) is 3.00. The summed E-state index contributed by atoms with van der Waals surface area (Å²) < 4.78 is 23.0. The molecule has 0 heterocycles. The van der Waals surface area contributed by atoms with E-state index in [4.69, 9.17) is 9.47 Å². The van der Waals surface area contributed by atoms with E-state index in [9.17, 15) is 9.18 Å². The van der Waals surface area contributed by atoms with E-state index in [0.717, 1.165) is 0 Å². The molecule has 0 aliphatic rings. The highest BCUT2D eigenvalue weighted by Crippen LogP contribution is 2.18. The molecule has 0 radical (unpaired) electrons. The van der Waals surface area contributed by atoms with Crippen molar-refractivity contribution in [2.24, 2.45) is 0 Å². The van der Waals surface area contributed by atoms with Gasteiger partial charge in [0.1, 0.15) is 0 Å². The molecule has 1 amide bonds. The SMILES string of the molecule is CCOC(=O)N(C)Cc1ccc(OC)c(F)c1. The van der Waals surface area contributed by atoms with Crippen molar-refractivity contribution in [1.29, 1.82) is 0 Å². The Balaban J connectivity index is 2.68. The molecule has 17 heavy (non-hydrogen) atoms. The van der Waals surface area contributed by atoms with Gasteiger partial charge in [-0.3, -0.25) is 0 Å². The van der Waals surface area contributed by atoms with Crippen LogP contribution in [0.15, 0.2) is 18.2 Å². The number of hydrogen-bond acceptors (Lipinski definition) is 3. The molecule has 0 spiro atoms. The Hall–Kier alpha value is -1.78. The summed E-state index contributed by atoms with van der Waals surface area (Å²) in [6, 6.07) is 4.58. The quantitative estimate of drug-likeness (QED) is 0.812. The monoisotopic (exact) mass is 241 g/mol. The zero-order valence-electron chi connectivity index (χ0n) is 10.2. The highest BCUT2D eigenvalue weighted by Gasteiger charge is 2.11. The lowest BCUT2D eigenvalue weighted by Gasteiger charge is -2.16. The standard InChI is InChI=1S/C12H16FNO3/c1-4-17-12(15)14(2)8-9-5-6-11(16-3)10(13)7-9/h5-7H,4,8H2,1-3H3. The lowest BCUT2D eigenvalue weighted by Crippen LogP contribution is -2.26. The Morgan fingerprint density at radius 1 is 1.47 bits per heavy atom. The van der Waals surface area contributed by atoms with E-state index in [1.807, 2.05) is 0 Å². The molecule has 0 N–H and O–H groups in total. The van der Waals surface area contributed by atoms with Crippen molar-refractivity contribution in [3.8, 4) is 5.75 Å². The summed E-state index contributed by atoms with van der Waals surface area (Å²) in [5, 5.41) is 0. The molecule has 4 nitrogen and oxygen atoms in total. The fraction of sp³-hybridized carbons (Fsp3) is 0.417. The van der Waals surface area contributed by atoms with Crippen molar-refractivity contribution in [3.05, 3.63) is 29.6 Å². The van der Waals surface area contributed by atoms with E-state index < -0.39 is 11.9 Å². The molecule has 5 heteroatoms. The van der Waals surface area contributed by atoms with Crippen LogP contribution in [0.2, 0.25) is 0 Å². The van der Waals surface area contributed by atoms with Gasteiger partial charge in [-0.2, -0.15) is 0 Å². The number of hydrogen-bond donors (Lipinski definition) is 0. The first-order chi connectivity index (χ1) is 8.08. The van der Waals surface area contributed by atoms with Crippen LogP contribution >= 0.6 is 0 Å². The first-order valence-electron chi connectivity index (χ1n) is 5.28. The van der Waals surface area contributed by atoms with Crippen LogP contribution in [0.5, 0.6) is 5.75 Å². The van der Waals surface area contributed by atoms with Gasteiger partial charge in [0.25, 0.3) is 0 Å². The summed E-state index contributed by atoms with van der Waals surface area (Å²) in [4.78, 5) is 12.7. The maximum absolute atomic E-state index is 13.4. The van der Waals surface area contributed by atoms with Crippen molar-refractivity contribution in [2.75, 3.05) is 20.8 Å². The molecule has 1 rings (SSSR count). The zero-order chi connectivity index (χ0) is 12.8. The third-order valence-corrected chi connectivity index (χ3v) is 2.22. The highest BCUT2D eigenvalue weighted by atomic mass is 19.1. The number of carbonyl (C=O) groups excluding carboxylic acids is 1. The zero-order valence-corrected chi connectivity index (χ0v) is 10.2. The average molecular weight is 241 g/mol. The normalized spacial score (nSPS) is 9.88. The molecular formula is C12H16FNO3. The summed E-state index contributed by atoms with van der Waals surface area (Å²) in [5.41, 5.74) is 0.679. The Kier molecular flexibility index (Phi) is 4.75. The third kappa shape index (κ3) is 3.62. The minimum atomic E-state index is -0.442. The molecule has 0 aliphatic carbocycles. The lowest BCUT2D eigenvalue weighted by atomic mass is 10.2. The largest absolute Gasteiger partial charge is 0.494 e. The number of carbonyl (C=O) groups is 1. The fourth-order valence-corrected chi connectivity index (χ4v) is 1.38. The van der Waals surface area contributed by atoms with Crippen molar-refractivity contribution >= 4 is 6.09 Å². The van der Waals surface area contributed by atoms with Crippen LogP contribution in [0.4, 0.5) is 9.18 Å². The molecule has 0 saturated carbocycles. The predicted octanol–water partition coefficient (Wildman–Crippen LogP) is 2.42. The molecule has 1 aromatic rings. The van der Waals surface area contributed by atoms with Gasteiger partial charge in [0, 0.05) is 13.6 Å².